The molecule has 0 saturated carbocycles. The second kappa shape index (κ2) is 3.07. The highest BCUT2D eigenvalue weighted by atomic mass is 15.1. The van der Waals surface area contributed by atoms with Crippen LogP contribution in [0.15, 0.2) is 25.0 Å². The van der Waals surface area contributed by atoms with Crippen LogP contribution < -0.4 is 0 Å². The van der Waals surface area contributed by atoms with Crippen molar-refractivity contribution in [1.29, 1.82) is 0 Å². The first-order valence-electron chi connectivity index (χ1n) is 3.02. The summed E-state index contributed by atoms with van der Waals surface area (Å²) in [5.41, 5.74) is 1.25. The number of aromatic amines is 1. The second-order valence-electron chi connectivity index (χ2n) is 1.93. The van der Waals surface area contributed by atoms with Crippen LogP contribution in [0.4, 0.5) is 0 Å². The van der Waals surface area contributed by atoms with Crippen molar-refractivity contribution in [2.45, 2.75) is 12.8 Å². The Hall–Kier alpha value is -1.05. The summed E-state index contributed by atoms with van der Waals surface area (Å²) in [6.45, 7) is 3.63. The van der Waals surface area contributed by atoms with Gasteiger partial charge in [-0.3, -0.25) is 5.10 Å². The topological polar surface area (TPSA) is 28.7 Å². The Bertz CT molecular complexity index is 165. The maximum atomic E-state index is 3.82. The van der Waals surface area contributed by atoms with E-state index in [4.69, 9.17) is 0 Å². The Morgan fingerprint density at radius 2 is 2.67 bits per heavy atom. The van der Waals surface area contributed by atoms with Gasteiger partial charge in [0.2, 0.25) is 0 Å². The smallest absolute Gasteiger partial charge is 0.0519 e. The lowest BCUT2D eigenvalue weighted by atomic mass is 10.2. The van der Waals surface area contributed by atoms with E-state index in [-0.39, 0.29) is 0 Å². The van der Waals surface area contributed by atoms with Gasteiger partial charge in [0.05, 0.1) is 6.20 Å². The fraction of sp³-hybridized carbons (Fsp3) is 0.286. The molecule has 0 bridgehead atoms. The average molecular weight is 122 g/mol. The molecule has 0 aliphatic rings. The molecule has 1 heterocycles. The maximum Gasteiger partial charge on any atom is 0.0519 e. The molecule has 0 aliphatic heterocycles. The Labute approximate surface area is 54.6 Å². The van der Waals surface area contributed by atoms with Crippen molar-refractivity contribution >= 4 is 0 Å². The van der Waals surface area contributed by atoms with Gasteiger partial charge in [-0.15, -0.1) is 6.58 Å². The second-order valence-corrected chi connectivity index (χ2v) is 1.93. The molecule has 0 amide bonds. The zero-order valence-corrected chi connectivity index (χ0v) is 5.30. The molecular formula is C7H10N2. The maximum absolute atomic E-state index is 3.82. The van der Waals surface area contributed by atoms with E-state index in [1.54, 1.807) is 0 Å². The molecule has 0 atom stereocenters. The molecule has 0 spiro atoms. The van der Waals surface area contributed by atoms with Gasteiger partial charge in [-0.1, -0.05) is 6.08 Å². The van der Waals surface area contributed by atoms with Crippen LogP contribution in [-0.2, 0) is 6.42 Å². The van der Waals surface area contributed by atoms with E-state index in [0.717, 1.165) is 12.8 Å². The molecular weight excluding hydrogens is 112 g/mol. The Kier molecular flexibility index (Phi) is 2.07. The van der Waals surface area contributed by atoms with Crippen molar-refractivity contribution in [2.75, 3.05) is 0 Å². The van der Waals surface area contributed by atoms with Crippen molar-refractivity contribution in [3.05, 3.63) is 30.6 Å². The van der Waals surface area contributed by atoms with E-state index in [9.17, 15) is 0 Å². The fourth-order valence-electron chi connectivity index (χ4n) is 0.683. The predicted octanol–water partition coefficient (Wildman–Crippen LogP) is 1.53. The van der Waals surface area contributed by atoms with Crippen molar-refractivity contribution in [2.24, 2.45) is 0 Å². The molecule has 0 aromatic carbocycles. The molecule has 0 radical (unpaired) electrons. The summed E-state index contributed by atoms with van der Waals surface area (Å²) in [5, 5.41) is 6.57. The summed E-state index contributed by atoms with van der Waals surface area (Å²) >= 11 is 0. The van der Waals surface area contributed by atoms with Gasteiger partial charge in [-0.25, -0.2) is 0 Å². The largest absolute Gasteiger partial charge is 0.285 e. The lowest BCUT2D eigenvalue weighted by Crippen LogP contribution is -1.76. The Morgan fingerprint density at radius 3 is 3.22 bits per heavy atom. The van der Waals surface area contributed by atoms with Gasteiger partial charge >= 0.3 is 0 Å². The SMILES string of the molecule is C=CCCc1cn[nH]c1. The van der Waals surface area contributed by atoms with E-state index in [1.165, 1.54) is 5.56 Å². The molecule has 9 heavy (non-hydrogen) atoms. The molecule has 1 N–H and O–H groups in total. The number of H-pyrrole nitrogens is 1. The summed E-state index contributed by atoms with van der Waals surface area (Å²) in [7, 11) is 0. The third-order valence-electron chi connectivity index (χ3n) is 1.19. The van der Waals surface area contributed by atoms with Crippen LogP contribution >= 0.6 is 0 Å². The number of nitrogens with zero attached hydrogens (tertiary/aromatic N) is 1. The zero-order chi connectivity index (χ0) is 6.53. The van der Waals surface area contributed by atoms with Crippen molar-refractivity contribution in [3.8, 4) is 0 Å². The van der Waals surface area contributed by atoms with Gasteiger partial charge in [-0.2, -0.15) is 5.10 Å². The molecule has 1 aromatic heterocycles. The van der Waals surface area contributed by atoms with Crippen LogP contribution in [0.1, 0.15) is 12.0 Å². The molecule has 48 valence electrons. The monoisotopic (exact) mass is 122 g/mol. The summed E-state index contributed by atoms with van der Waals surface area (Å²) in [4.78, 5) is 0. The van der Waals surface area contributed by atoms with Gasteiger partial charge in [0.15, 0.2) is 0 Å². The minimum Gasteiger partial charge on any atom is -0.285 e. The number of aromatic nitrogens is 2. The average Bonchev–Trinajstić information content (AvgIpc) is 2.34. The molecule has 0 unspecified atom stereocenters. The highest BCUT2D eigenvalue weighted by Gasteiger charge is 1.88. The lowest BCUT2D eigenvalue weighted by molar-refractivity contribution is 1.01. The van der Waals surface area contributed by atoms with E-state index < -0.39 is 0 Å². The van der Waals surface area contributed by atoms with E-state index >= 15 is 0 Å². The number of allylic oxidation sites excluding steroid dienone is 1. The van der Waals surface area contributed by atoms with Crippen LogP contribution in [-0.4, -0.2) is 10.2 Å². The van der Waals surface area contributed by atoms with Gasteiger partial charge in [-0.05, 0) is 18.4 Å². The summed E-state index contributed by atoms with van der Waals surface area (Å²) in [6, 6.07) is 0. The van der Waals surface area contributed by atoms with Crippen LogP contribution in [0, 0.1) is 0 Å². The first-order valence-corrected chi connectivity index (χ1v) is 3.02. The summed E-state index contributed by atoms with van der Waals surface area (Å²) < 4.78 is 0. The Balaban J connectivity index is 2.38. The standard InChI is InChI=1S/C7H10N2/c1-2-3-4-7-5-8-9-6-7/h2,5-6H,1,3-4H2,(H,8,9). The van der Waals surface area contributed by atoms with E-state index in [0.29, 0.717) is 0 Å². The number of aryl methyl sites for hydroxylation is 1. The first kappa shape index (κ1) is 6.08. The molecule has 0 fully saturated rings. The van der Waals surface area contributed by atoms with Gasteiger partial charge in [0, 0.05) is 6.20 Å². The minimum atomic E-state index is 1.03. The van der Waals surface area contributed by atoms with Crippen molar-refractivity contribution in [3.63, 3.8) is 0 Å². The van der Waals surface area contributed by atoms with Crippen molar-refractivity contribution in [1.82, 2.24) is 10.2 Å². The van der Waals surface area contributed by atoms with E-state index in [1.807, 2.05) is 18.5 Å². The zero-order valence-electron chi connectivity index (χ0n) is 5.30. The predicted molar refractivity (Wildman–Crippen MR) is 37.1 cm³/mol. The molecule has 2 nitrogen and oxygen atoms in total. The first-order chi connectivity index (χ1) is 4.43. The third kappa shape index (κ3) is 1.72. The number of hydrogen-bond acceptors (Lipinski definition) is 1. The molecule has 0 saturated heterocycles. The normalized spacial score (nSPS) is 9.33. The molecule has 1 aromatic rings. The Morgan fingerprint density at radius 1 is 1.78 bits per heavy atom. The van der Waals surface area contributed by atoms with Crippen LogP contribution in [0.3, 0.4) is 0 Å². The molecule has 0 aliphatic carbocycles. The van der Waals surface area contributed by atoms with Gasteiger partial charge in [0.1, 0.15) is 0 Å². The lowest BCUT2D eigenvalue weighted by Gasteiger charge is -1.86. The third-order valence-corrected chi connectivity index (χ3v) is 1.19. The highest BCUT2D eigenvalue weighted by molar-refractivity contribution is 5.03. The van der Waals surface area contributed by atoms with Crippen LogP contribution in [0.5, 0.6) is 0 Å². The van der Waals surface area contributed by atoms with Crippen LogP contribution in [0.2, 0.25) is 0 Å². The fourth-order valence-corrected chi connectivity index (χ4v) is 0.683. The number of nitrogens with one attached hydrogen (secondary N) is 1. The quantitative estimate of drug-likeness (QED) is 0.605. The number of hydrogen-bond donors (Lipinski definition) is 1. The van der Waals surface area contributed by atoms with Crippen LogP contribution in [0.25, 0.3) is 0 Å². The minimum absolute atomic E-state index is 1.03. The summed E-state index contributed by atoms with van der Waals surface area (Å²) in [6.07, 6.45) is 7.72. The number of rotatable bonds is 3. The van der Waals surface area contributed by atoms with Gasteiger partial charge < -0.3 is 0 Å². The highest BCUT2D eigenvalue weighted by Crippen LogP contribution is 1.97. The van der Waals surface area contributed by atoms with Gasteiger partial charge in [0.25, 0.3) is 0 Å². The molecule has 2 heteroatoms. The summed E-state index contributed by atoms with van der Waals surface area (Å²) in [5.74, 6) is 0. The van der Waals surface area contributed by atoms with E-state index in [2.05, 4.69) is 16.8 Å². The molecule has 1 rings (SSSR count). The van der Waals surface area contributed by atoms with Crippen molar-refractivity contribution < 1.29 is 0 Å².